The van der Waals surface area contributed by atoms with E-state index >= 15 is 0 Å². The third-order valence-corrected chi connectivity index (χ3v) is 4.34. The van der Waals surface area contributed by atoms with Gasteiger partial charge in [-0.1, -0.05) is 30.3 Å². The van der Waals surface area contributed by atoms with Crippen LogP contribution in [0.3, 0.4) is 0 Å². The normalized spacial score (nSPS) is 20.0. The van der Waals surface area contributed by atoms with Gasteiger partial charge in [-0.2, -0.15) is 0 Å². The van der Waals surface area contributed by atoms with Gasteiger partial charge in [-0.3, -0.25) is 9.59 Å². The highest BCUT2D eigenvalue weighted by atomic mass is 16.4. The molecule has 1 aromatic carbocycles. The summed E-state index contributed by atoms with van der Waals surface area (Å²) in [5, 5.41) is 26.8. The van der Waals surface area contributed by atoms with E-state index in [1.165, 1.54) is 6.92 Å². The predicted octanol–water partition coefficient (Wildman–Crippen LogP) is -0.584. The molecule has 4 unspecified atom stereocenters. The van der Waals surface area contributed by atoms with Gasteiger partial charge in [0.05, 0.1) is 12.1 Å². The van der Waals surface area contributed by atoms with Crippen molar-refractivity contribution in [3.05, 3.63) is 35.9 Å². The molecule has 0 spiro atoms. The molecule has 8 heteroatoms. The maximum Gasteiger partial charge on any atom is 0.328 e. The van der Waals surface area contributed by atoms with Crippen LogP contribution in [-0.2, 0) is 20.8 Å². The number of hydrogen-bond acceptors (Lipinski definition) is 5. The smallest absolute Gasteiger partial charge is 0.328 e. The summed E-state index contributed by atoms with van der Waals surface area (Å²) in [6, 6.07) is 6.39. The second kappa shape index (κ2) is 9.30. The van der Waals surface area contributed by atoms with E-state index in [9.17, 15) is 19.5 Å². The van der Waals surface area contributed by atoms with Crippen molar-refractivity contribution in [2.75, 3.05) is 6.54 Å². The van der Waals surface area contributed by atoms with Gasteiger partial charge >= 0.3 is 5.97 Å². The lowest BCUT2D eigenvalue weighted by Gasteiger charge is -2.24. The second-order valence-electron chi connectivity index (χ2n) is 6.46. The fourth-order valence-electron chi connectivity index (χ4n) is 2.88. The minimum Gasteiger partial charge on any atom is -0.480 e. The SMILES string of the molecule is CC(O)C(NC(=O)C(Cc1ccccc1)NC(=O)C1CCCN1)C(=O)O. The molecule has 0 radical (unpaired) electrons. The third-order valence-electron chi connectivity index (χ3n) is 4.34. The van der Waals surface area contributed by atoms with Gasteiger partial charge in [-0.15, -0.1) is 0 Å². The molecule has 0 saturated carbocycles. The average Bonchev–Trinajstić information content (AvgIpc) is 3.14. The number of carboxylic acids is 1. The molecule has 26 heavy (non-hydrogen) atoms. The van der Waals surface area contributed by atoms with Crippen LogP contribution in [0, 0.1) is 0 Å². The summed E-state index contributed by atoms with van der Waals surface area (Å²) < 4.78 is 0. The van der Waals surface area contributed by atoms with E-state index < -0.39 is 30.1 Å². The average molecular weight is 363 g/mol. The standard InChI is InChI=1S/C18H25N3O5/c1-11(22)15(18(25)26)21-17(24)14(10-12-6-3-2-4-7-12)20-16(23)13-8-5-9-19-13/h2-4,6-7,11,13-15,19,22H,5,8-10H2,1H3,(H,20,23)(H,21,24)(H,25,26). The molecule has 5 N–H and O–H groups in total. The van der Waals surface area contributed by atoms with Crippen LogP contribution in [-0.4, -0.2) is 58.8 Å². The Morgan fingerprint density at radius 2 is 1.92 bits per heavy atom. The lowest BCUT2D eigenvalue weighted by atomic mass is 10.0. The summed E-state index contributed by atoms with van der Waals surface area (Å²) in [4.78, 5) is 36.2. The molecule has 2 amide bonds. The van der Waals surface area contributed by atoms with Crippen LogP contribution in [0.5, 0.6) is 0 Å². The van der Waals surface area contributed by atoms with Crippen molar-refractivity contribution in [1.29, 1.82) is 0 Å². The molecule has 0 aliphatic carbocycles. The van der Waals surface area contributed by atoms with Gasteiger partial charge in [0.25, 0.3) is 0 Å². The summed E-state index contributed by atoms with van der Waals surface area (Å²) in [6.45, 7) is 2.03. The van der Waals surface area contributed by atoms with E-state index in [-0.39, 0.29) is 18.4 Å². The minimum absolute atomic E-state index is 0.220. The zero-order valence-electron chi connectivity index (χ0n) is 14.6. The fourth-order valence-corrected chi connectivity index (χ4v) is 2.88. The number of nitrogens with one attached hydrogen (secondary N) is 3. The molecule has 1 heterocycles. The van der Waals surface area contributed by atoms with Crippen LogP contribution in [0.15, 0.2) is 30.3 Å². The van der Waals surface area contributed by atoms with E-state index in [1.807, 2.05) is 30.3 Å². The third kappa shape index (κ3) is 5.53. The molecule has 142 valence electrons. The monoisotopic (exact) mass is 363 g/mol. The molecule has 1 saturated heterocycles. The van der Waals surface area contributed by atoms with Gasteiger partial charge in [0.2, 0.25) is 11.8 Å². The fraction of sp³-hybridized carbons (Fsp3) is 0.500. The van der Waals surface area contributed by atoms with Crippen molar-refractivity contribution in [1.82, 2.24) is 16.0 Å². The summed E-state index contributed by atoms with van der Waals surface area (Å²) in [5.41, 5.74) is 0.830. The van der Waals surface area contributed by atoms with Crippen molar-refractivity contribution >= 4 is 17.8 Å². The van der Waals surface area contributed by atoms with Gasteiger partial charge in [-0.05, 0) is 31.9 Å². The Labute approximate surface area is 152 Å². The van der Waals surface area contributed by atoms with Crippen LogP contribution in [0.25, 0.3) is 0 Å². The first-order valence-corrected chi connectivity index (χ1v) is 8.67. The largest absolute Gasteiger partial charge is 0.480 e. The van der Waals surface area contributed by atoms with Crippen LogP contribution < -0.4 is 16.0 Å². The zero-order chi connectivity index (χ0) is 19.1. The topological polar surface area (TPSA) is 128 Å². The Hall–Kier alpha value is -2.45. The summed E-state index contributed by atoms with van der Waals surface area (Å²) >= 11 is 0. The maximum atomic E-state index is 12.6. The van der Waals surface area contributed by atoms with Crippen LogP contribution >= 0.6 is 0 Å². The van der Waals surface area contributed by atoms with E-state index in [1.54, 1.807) is 0 Å². The van der Waals surface area contributed by atoms with E-state index in [0.29, 0.717) is 6.42 Å². The highest BCUT2D eigenvalue weighted by Gasteiger charge is 2.31. The summed E-state index contributed by atoms with van der Waals surface area (Å²) in [5.74, 6) is -2.27. The number of aliphatic carboxylic acids is 1. The van der Waals surface area contributed by atoms with Crippen molar-refractivity contribution in [2.24, 2.45) is 0 Å². The van der Waals surface area contributed by atoms with Crippen molar-refractivity contribution in [3.8, 4) is 0 Å². The van der Waals surface area contributed by atoms with E-state index in [0.717, 1.165) is 18.5 Å². The van der Waals surface area contributed by atoms with Gasteiger partial charge in [0, 0.05) is 6.42 Å². The first-order valence-electron chi connectivity index (χ1n) is 8.67. The minimum atomic E-state index is -1.44. The predicted molar refractivity (Wildman–Crippen MR) is 94.3 cm³/mol. The molecule has 4 atom stereocenters. The second-order valence-corrected chi connectivity index (χ2v) is 6.46. The Morgan fingerprint density at radius 3 is 2.46 bits per heavy atom. The number of rotatable bonds is 8. The molecule has 0 aromatic heterocycles. The summed E-state index contributed by atoms with van der Waals surface area (Å²) in [6.07, 6.45) is 0.534. The van der Waals surface area contributed by atoms with Crippen LogP contribution in [0.2, 0.25) is 0 Å². The van der Waals surface area contributed by atoms with Crippen LogP contribution in [0.4, 0.5) is 0 Å². The zero-order valence-corrected chi connectivity index (χ0v) is 14.6. The first-order chi connectivity index (χ1) is 12.4. The Balaban J connectivity index is 2.11. The number of hydrogen-bond donors (Lipinski definition) is 5. The Kier molecular flexibility index (Phi) is 7.11. The number of aliphatic hydroxyl groups excluding tert-OH is 1. The molecule has 1 aliphatic heterocycles. The maximum absolute atomic E-state index is 12.6. The molecule has 0 bridgehead atoms. The number of benzene rings is 1. The van der Waals surface area contributed by atoms with E-state index in [2.05, 4.69) is 16.0 Å². The first kappa shape index (κ1) is 19.9. The highest BCUT2D eigenvalue weighted by molar-refractivity contribution is 5.92. The number of carbonyl (C=O) groups excluding carboxylic acids is 2. The van der Waals surface area contributed by atoms with Gasteiger partial charge in [0.15, 0.2) is 6.04 Å². The molecule has 2 rings (SSSR count). The van der Waals surface area contributed by atoms with Gasteiger partial charge in [0.1, 0.15) is 6.04 Å². The van der Waals surface area contributed by atoms with Crippen molar-refractivity contribution in [2.45, 2.75) is 50.4 Å². The molecule has 8 nitrogen and oxygen atoms in total. The van der Waals surface area contributed by atoms with E-state index in [4.69, 9.17) is 5.11 Å². The molecular weight excluding hydrogens is 338 g/mol. The lowest BCUT2D eigenvalue weighted by Crippen LogP contribution is -2.57. The van der Waals surface area contributed by atoms with Crippen molar-refractivity contribution < 1.29 is 24.6 Å². The molecule has 1 aliphatic rings. The highest BCUT2D eigenvalue weighted by Crippen LogP contribution is 2.08. The van der Waals surface area contributed by atoms with Crippen LogP contribution in [0.1, 0.15) is 25.3 Å². The Morgan fingerprint density at radius 1 is 1.23 bits per heavy atom. The van der Waals surface area contributed by atoms with Gasteiger partial charge < -0.3 is 26.2 Å². The quantitative estimate of drug-likeness (QED) is 0.420. The number of carbonyl (C=O) groups is 3. The lowest BCUT2D eigenvalue weighted by molar-refractivity contribution is -0.145. The molecule has 1 fully saturated rings. The number of aliphatic hydroxyl groups is 1. The molecule has 1 aromatic rings. The Bertz CT molecular complexity index is 629. The molecular formula is C18H25N3O5. The summed E-state index contributed by atoms with van der Waals surface area (Å²) in [7, 11) is 0. The van der Waals surface area contributed by atoms with Gasteiger partial charge in [-0.25, -0.2) is 4.79 Å². The number of carboxylic acid groups (broad SMARTS) is 1. The van der Waals surface area contributed by atoms with Crippen molar-refractivity contribution in [3.63, 3.8) is 0 Å². The number of amides is 2.